The quantitative estimate of drug-likeness (QED) is 0.718. The van der Waals surface area contributed by atoms with E-state index in [9.17, 15) is 4.21 Å². The third-order valence-corrected chi connectivity index (χ3v) is 4.71. The zero-order valence-electron chi connectivity index (χ0n) is 11.5. The van der Waals surface area contributed by atoms with Gasteiger partial charge >= 0.3 is 0 Å². The Hall–Kier alpha value is -1.80. The molecule has 0 aliphatic rings. The van der Waals surface area contributed by atoms with Gasteiger partial charge in [-0.25, -0.2) is 4.98 Å². The third-order valence-electron chi connectivity index (χ3n) is 2.89. The second-order valence-electron chi connectivity index (χ2n) is 4.50. The van der Waals surface area contributed by atoms with Crippen molar-refractivity contribution in [2.75, 3.05) is 0 Å². The van der Waals surface area contributed by atoms with E-state index in [4.69, 9.17) is 8.94 Å². The van der Waals surface area contributed by atoms with Crippen molar-refractivity contribution in [3.8, 4) is 11.4 Å². The third kappa shape index (κ3) is 3.27. The molecule has 8 heteroatoms. The van der Waals surface area contributed by atoms with E-state index >= 15 is 0 Å². The smallest absolute Gasteiger partial charge is 0.239 e. The Morgan fingerprint density at radius 3 is 2.71 bits per heavy atom. The first-order chi connectivity index (χ1) is 10.1. The Morgan fingerprint density at radius 2 is 2.05 bits per heavy atom. The molecule has 110 valence electrons. The van der Waals surface area contributed by atoms with Crippen LogP contribution in [0.5, 0.6) is 0 Å². The summed E-state index contributed by atoms with van der Waals surface area (Å²) in [5.74, 6) is 2.53. The van der Waals surface area contributed by atoms with Gasteiger partial charge in [0.1, 0.15) is 17.3 Å². The first-order valence-corrected chi connectivity index (χ1v) is 8.68. The Labute approximate surface area is 127 Å². The van der Waals surface area contributed by atoms with Gasteiger partial charge in [0.15, 0.2) is 0 Å². The van der Waals surface area contributed by atoms with Crippen molar-refractivity contribution in [1.82, 2.24) is 15.1 Å². The van der Waals surface area contributed by atoms with E-state index in [-0.39, 0.29) is 11.5 Å². The lowest BCUT2D eigenvalue weighted by molar-refractivity contribution is 0.390. The van der Waals surface area contributed by atoms with Gasteiger partial charge in [0.2, 0.25) is 17.6 Å². The van der Waals surface area contributed by atoms with Crippen LogP contribution in [0.15, 0.2) is 25.8 Å². The Morgan fingerprint density at radius 1 is 1.24 bits per heavy atom. The van der Waals surface area contributed by atoms with Gasteiger partial charge < -0.3 is 8.94 Å². The molecular formula is C13H13N3O3S2. The summed E-state index contributed by atoms with van der Waals surface area (Å²) in [5, 5.41) is 7.76. The van der Waals surface area contributed by atoms with Crippen molar-refractivity contribution >= 4 is 22.1 Å². The summed E-state index contributed by atoms with van der Waals surface area (Å²) in [5.41, 5.74) is 1.72. The fourth-order valence-electron chi connectivity index (χ4n) is 1.75. The van der Waals surface area contributed by atoms with Crippen LogP contribution in [0.25, 0.3) is 11.4 Å². The molecule has 3 heterocycles. The average molecular weight is 323 g/mol. The number of nitrogens with zero attached hydrogens (tertiary/aromatic N) is 3. The average Bonchev–Trinajstić information content (AvgIpc) is 3.12. The van der Waals surface area contributed by atoms with E-state index in [0.717, 1.165) is 17.0 Å². The molecule has 0 saturated heterocycles. The molecule has 0 amide bonds. The summed E-state index contributed by atoms with van der Waals surface area (Å²) in [6.07, 6.45) is 0. The van der Waals surface area contributed by atoms with Gasteiger partial charge in [-0.3, -0.25) is 4.21 Å². The van der Waals surface area contributed by atoms with Gasteiger partial charge in [0.25, 0.3) is 0 Å². The zero-order chi connectivity index (χ0) is 14.8. The van der Waals surface area contributed by atoms with Gasteiger partial charge in [-0.15, -0.1) is 0 Å². The van der Waals surface area contributed by atoms with Crippen molar-refractivity contribution < 1.29 is 13.1 Å². The van der Waals surface area contributed by atoms with Crippen LogP contribution in [0.2, 0.25) is 0 Å². The maximum atomic E-state index is 12.1. The fourth-order valence-corrected chi connectivity index (χ4v) is 3.28. The highest BCUT2D eigenvalue weighted by Crippen LogP contribution is 2.19. The summed E-state index contributed by atoms with van der Waals surface area (Å²) in [4.78, 5) is 8.45. The van der Waals surface area contributed by atoms with E-state index < -0.39 is 10.8 Å². The number of rotatable bonds is 5. The standard InChI is InChI=1S/C13H13N3O3S2/c1-8-9(2)18-11(14-8)6-21(17)7-12-15-13(16-19-12)10-3-4-20-5-10/h3-5H,6-7H2,1-2H3/t21-/m0/s1. The van der Waals surface area contributed by atoms with E-state index in [1.807, 2.05) is 30.7 Å². The maximum absolute atomic E-state index is 12.1. The molecule has 0 spiro atoms. The van der Waals surface area contributed by atoms with Crippen LogP contribution in [0.4, 0.5) is 0 Å². The number of aromatic nitrogens is 3. The van der Waals surface area contributed by atoms with Gasteiger partial charge in [-0.1, -0.05) is 5.16 Å². The molecule has 0 bridgehead atoms. The van der Waals surface area contributed by atoms with Crippen LogP contribution in [-0.2, 0) is 22.3 Å². The topological polar surface area (TPSA) is 82.0 Å². The fraction of sp³-hybridized carbons (Fsp3) is 0.308. The minimum Gasteiger partial charge on any atom is -0.445 e. The molecule has 1 atom stereocenters. The molecule has 0 radical (unpaired) electrons. The molecule has 0 N–H and O–H groups in total. The Bertz CT molecular complexity index is 742. The van der Waals surface area contributed by atoms with Crippen LogP contribution in [-0.4, -0.2) is 19.3 Å². The molecule has 0 aliphatic carbocycles. The lowest BCUT2D eigenvalue weighted by Crippen LogP contribution is -2.00. The molecule has 0 aliphatic heterocycles. The van der Waals surface area contributed by atoms with Crippen molar-refractivity contribution in [2.24, 2.45) is 0 Å². The number of oxazole rings is 1. The van der Waals surface area contributed by atoms with Crippen molar-refractivity contribution in [3.05, 3.63) is 40.1 Å². The van der Waals surface area contributed by atoms with Crippen LogP contribution in [0.3, 0.4) is 0 Å². The molecule has 0 aromatic carbocycles. The predicted octanol–water partition coefficient (Wildman–Crippen LogP) is 2.85. The van der Waals surface area contributed by atoms with E-state index in [1.54, 1.807) is 11.3 Å². The van der Waals surface area contributed by atoms with Gasteiger partial charge in [-0.2, -0.15) is 16.3 Å². The minimum atomic E-state index is -1.20. The molecule has 3 aromatic rings. The highest BCUT2D eigenvalue weighted by molar-refractivity contribution is 7.83. The minimum absolute atomic E-state index is 0.192. The Kier molecular flexibility index (Phi) is 3.98. The van der Waals surface area contributed by atoms with Gasteiger partial charge in [0, 0.05) is 21.7 Å². The molecule has 0 fully saturated rings. The van der Waals surface area contributed by atoms with Crippen molar-refractivity contribution in [2.45, 2.75) is 25.4 Å². The lowest BCUT2D eigenvalue weighted by Gasteiger charge is -1.94. The van der Waals surface area contributed by atoms with Gasteiger partial charge in [-0.05, 0) is 25.3 Å². The first-order valence-electron chi connectivity index (χ1n) is 6.25. The highest BCUT2D eigenvalue weighted by atomic mass is 32.2. The second kappa shape index (κ2) is 5.90. The monoisotopic (exact) mass is 323 g/mol. The second-order valence-corrected chi connectivity index (χ2v) is 6.74. The van der Waals surface area contributed by atoms with Crippen LogP contribution in [0, 0.1) is 13.8 Å². The van der Waals surface area contributed by atoms with Crippen LogP contribution in [0.1, 0.15) is 23.2 Å². The SMILES string of the molecule is Cc1nc(C[S@](=O)Cc2nc(-c3ccsc3)no2)oc1C. The summed E-state index contributed by atoms with van der Waals surface area (Å²) in [6, 6.07) is 1.91. The summed E-state index contributed by atoms with van der Waals surface area (Å²) >= 11 is 1.56. The normalized spacial score (nSPS) is 12.7. The van der Waals surface area contributed by atoms with Crippen LogP contribution < -0.4 is 0 Å². The number of hydrogen-bond acceptors (Lipinski definition) is 7. The highest BCUT2D eigenvalue weighted by Gasteiger charge is 2.15. The summed E-state index contributed by atoms with van der Waals surface area (Å²) in [7, 11) is -1.20. The molecule has 21 heavy (non-hydrogen) atoms. The molecule has 6 nitrogen and oxygen atoms in total. The largest absolute Gasteiger partial charge is 0.445 e. The first kappa shape index (κ1) is 14.2. The number of thiophene rings is 1. The molecule has 0 unspecified atom stereocenters. The van der Waals surface area contributed by atoms with Crippen molar-refractivity contribution in [3.63, 3.8) is 0 Å². The zero-order valence-corrected chi connectivity index (χ0v) is 13.2. The van der Waals surface area contributed by atoms with Gasteiger partial charge in [0.05, 0.1) is 5.69 Å². The number of aryl methyl sites for hydroxylation is 2. The predicted molar refractivity (Wildman–Crippen MR) is 79.1 cm³/mol. The maximum Gasteiger partial charge on any atom is 0.239 e. The number of hydrogen-bond donors (Lipinski definition) is 0. The molecule has 3 aromatic heterocycles. The summed E-state index contributed by atoms with van der Waals surface area (Å²) in [6.45, 7) is 3.69. The van der Waals surface area contributed by atoms with Crippen molar-refractivity contribution in [1.29, 1.82) is 0 Å². The molecular weight excluding hydrogens is 310 g/mol. The van der Waals surface area contributed by atoms with E-state index in [2.05, 4.69) is 15.1 Å². The van der Waals surface area contributed by atoms with E-state index in [1.165, 1.54) is 0 Å². The lowest BCUT2D eigenvalue weighted by atomic mass is 10.3. The van der Waals surface area contributed by atoms with Crippen LogP contribution >= 0.6 is 11.3 Å². The molecule has 0 saturated carbocycles. The summed E-state index contributed by atoms with van der Waals surface area (Å²) < 4.78 is 22.6. The Balaban J connectivity index is 1.65. The van der Waals surface area contributed by atoms with E-state index in [0.29, 0.717) is 17.6 Å². The molecule has 3 rings (SSSR count).